The van der Waals surface area contributed by atoms with Crippen molar-refractivity contribution in [1.82, 2.24) is 19.7 Å². The molecule has 3 aromatic rings. The van der Waals surface area contributed by atoms with Gasteiger partial charge in [-0.05, 0) is 29.8 Å². The number of carbonyl (C=O) groups is 1. The number of ether oxygens (including phenoxy) is 2. The van der Waals surface area contributed by atoms with E-state index in [1.54, 1.807) is 19.2 Å². The molecule has 178 valence electrons. The number of morpholine rings is 1. The third-order valence-corrected chi connectivity index (χ3v) is 6.48. The topological polar surface area (TPSA) is 113 Å². The zero-order chi connectivity index (χ0) is 23.9. The molecule has 1 aliphatic heterocycles. The highest BCUT2D eigenvalue weighted by molar-refractivity contribution is 7.98. The van der Waals surface area contributed by atoms with Crippen molar-refractivity contribution in [3.05, 3.63) is 69.8 Å². The van der Waals surface area contributed by atoms with Crippen molar-refractivity contribution in [3.8, 4) is 11.4 Å². The van der Waals surface area contributed by atoms with Crippen molar-refractivity contribution in [2.24, 2.45) is 0 Å². The number of hydrogen-bond donors (Lipinski definition) is 0. The third kappa shape index (κ3) is 5.61. The third-order valence-electron chi connectivity index (χ3n) is 5.44. The Balaban J connectivity index is 1.45. The molecule has 1 aliphatic rings. The van der Waals surface area contributed by atoms with E-state index in [-0.39, 0.29) is 11.6 Å². The van der Waals surface area contributed by atoms with Gasteiger partial charge in [0.05, 0.1) is 31.3 Å². The Hall–Kier alpha value is -3.28. The summed E-state index contributed by atoms with van der Waals surface area (Å²) < 4.78 is 12.5. The molecule has 10 nitrogen and oxygen atoms in total. The van der Waals surface area contributed by atoms with Gasteiger partial charge in [0.2, 0.25) is 0 Å². The summed E-state index contributed by atoms with van der Waals surface area (Å²) in [5.41, 5.74) is 2.49. The van der Waals surface area contributed by atoms with E-state index in [0.717, 1.165) is 16.3 Å². The molecule has 1 amide bonds. The Morgan fingerprint density at radius 2 is 1.82 bits per heavy atom. The molecule has 1 saturated heterocycles. The van der Waals surface area contributed by atoms with Gasteiger partial charge in [-0.15, -0.1) is 10.2 Å². The minimum atomic E-state index is -0.430. The van der Waals surface area contributed by atoms with Gasteiger partial charge >= 0.3 is 0 Å². The lowest BCUT2D eigenvalue weighted by Crippen LogP contribution is -2.40. The van der Waals surface area contributed by atoms with Crippen molar-refractivity contribution in [1.29, 1.82) is 0 Å². The lowest BCUT2D eigenvalue weighted by Gasteiger charge is -2.26. The molecule has 0 radical (unpaired) electrons. The molecule has 2 aromatic carbocycles. The van der Waals surface area contributed by atoms with Crippen molar-refractivity contribution in [3.63, 3.8) is 0 Å². The van der Waals surface area contributed by atoms with Gasteiger partial charge in [0, 0.05) is 49.2 Å². The Kier molecular flexibility index (Phi) is 7.88. The second-order valence-electron chi connectivity index (χ2n) is 7.64. The summed E-state index contributed by atoms with van der Waals surface area (Å²) in [5.74, 6) is 1.30. The molecule has 0 aliphatic carbocycles. The molecule has 4 rings (SSSR count). The summed E-state index contributed by atoms with van der Waals surface area (Å²) in [7, 11) is 1.63. The molecule has 2 heterocycles. The highest BCUT2D eigenvalue weighted by Gasteiger charge is 2.19. The van der Waals surface area contributed by atoms with E-state index in [4.69, 9.17) is 9.47 Å². The number of aromatic nitrogens is 3. The van der Waals surface area contributed by atoms with Crippen LogP contribution in [0.5, 0.6) is 0 Å². The van der Waals surface area contributed by atoms with Crippen LogP contribution in [0.15, 0.2) is 53.7 Å². The van der Waals surface area contributed by atoms with Crippen LogP contribution in [0.2, 0.25) is 0 Å². The maximum Gasteiger partial charge on any atom is 0.269 e. The van der Waals surface area contributed by atoms with E-state index in [9.17, 15) is 14.9 Å². The molecule has 11 heteroatoms. The first-order valence-electron chi connectivity index (χ1n) is 10.8. The summed E-state index contributed by atoms with van der Waals surface area (Å²) in [4.78, 5) is 25.0. The van der Waals surface area contributed by atoms with Gasteiger partial charge in [0.15, 0.2) is 11.0 Å². The number of nitro groups is 1. The van der Waals surface area contributed by atoms with E-state index in [2.05, 4.69) is 10.2 Å². The first-order valence-corrected chi connectivity index (χ1v) is 11.8. The molecule has 0 unspecified atom stereocenters. The quantitative estimate of drug-likeness (QED) is 0.259. The predicted molar refractivity (Wildman–Crippen MR) is 127 cm³/mol. The molecule has 1 fully saturated rings. The van der Waals surface area contributed by atoms with Gasteiger partial charge in [0.25, 0.3) is 11.6 Å². The van der Waals surface area contributed by atoms with Crippen molar-refractivity contribution >= 4 is 23.4 Å². The van der Waals surface area contributed by atoms with Crippen molar-refractivity contribution < 1.29 is 19.2 Å². The molecular formula is C23H25N5O5S. The fourth-order valence-electron chi connectivity index (χ4n) is 3.57. The van der Waals surface area contributed by atoms with Crippen LogP contribution in [0.1, 0.15) is 15.9 Å². The Labute approximate surface area is 201 Å². The van der Waals surface area contributed by atoms with Crippen LogP contribution in [0.25, 0.3) is 11.4 Å². The van der Waals surface area contributed by atoms with E-state index in [1.807, 2.05) is 33.7 Å². The lowest BCUT2D eigenvalue weighted by atomic mass is 10.1. The smallest absolute Gasteiger partial charge is 0.269 e. The summed E-state index contributed by atoms with van der Waals surface area (Å²) in [6, 6.07) is 13.9. The Morgan fingerprint density at radius 1 is 1.12 bits per heavy atom. The normalized spacial score (nSPS) is 13.7. The van der Waals surface area contributed by atoms with Crippen LogP contribution in [0.4, 0.5) is 5.69 Å². The van der Waals surface area contributed by atoms with Crippen LogP contribution in [-0.4, -0.2) is 70.5 Å². The fraction of sp³-hybridized carbons (Fsp3) is 0.348. The zero-order valence-corrected chi connectivity index (χ0v) is 19.6. The Bertz CT molecular complexity index is 1130. The lowest BCUT2D eigenvalue weighted by molar-refractivity contribution is -0.384. The number of methoxy groups -OCH3 is 1. The van der Waals surface area contributed by atoms with Crippen LogP contribution < -0.4 is 0 Å². The zero-order valence-electron chi connectivity index (χ0n) is 18.8. The number of non-ortho nitro benzene ring substituents is 1. The number of nitrogens with zero attached hydrogens (tertiary/aromatic N) is 5. The highest BCUT2D eigenvalue weighted by Crippen LogP contribution is 2.27. The number of benzene rings is 2. The van der Waals surface area contributed by atoms with Gasteiger partial charge in [-0.3, -0.25) is 19.5 Å². The summed E-state index contributed by atoms with van der Waals surface area (Å²) in [6.45, 7) is 3.41. The van der Waals surface area contributed by atoms with Crippen LogP contribution in [0, 0.1) is 10.1 Å². The first kappa shape index (κ1) is 23.9. The van der Waals surface area contributed by atoms with Crippen LogP contribution in [-0.2, 0) is 21.8 Å². The Morgan fingerprint density at radius 3 is 2.47 bits per heavy atom. The van der Waals surface area contributed by atoms with E-state index < -0.39 is 4.92 Å². The molecule has 0 bridgehead atoms. The number of carbonyl (C=O) groups excluding carboxylic acids is 1. The summed E-state index contributed by atoms with van der Waals surface area (Å²) >= 11 is 1.53. The van der Waals surface area contributed by atoms with E-state index in [1.165, 1.54) is 23.9 Å². The van der Waals surface area contributed by atoms with E-state index >= 15 is 0 Å². The second kappa shape index (κ2) is 11.2. The molecule has 0 spiro atoms. The number of thioether (sulfide) groups is 1. The molecule has 34 heavy (non-hydrogen) atoms. The van der Waals surface area contributed by atoms with Crippen molar-refractivity contribution in [2.45, 2.75) is 17.5 Å². The fourth-order valence-corrected chi connectivity index (χ4v) is 4.49. The van der Waals surface area contributed by atoms with Gasteiger partial charge in [-0.2, -0.15) is 0 Å². The number of amides is 1. The largest absolute Gasteiger partial charge is 0.383 e. The van der Waals surface area contributed by atoms with Gasteiger partial charge in [-0.25, -0.2) is 0 Å². The minimum Gasteiger partial charge on any atom is -0.383 e. The predicted octanol–water partition coefficient (Wildman–Crippen LogP) is 3.26. The summed E-state index contributed by atoms with van der Waals surface area (Å²) in [6.07, 6.45) is 0. The monoisotopic (exact) mass is 483 g/mol. The molecule has 1 aromatic heterocycles. The van der Waals surface area contributed by atoms with E-state index in [0.29, 0.717) is 56.6 Å². The maximum atomic E-state index is 12.6. The van der Waals surface area contributed by atoms with Gasteiger partial charge < -0.3 is 14.4 Å². The molecule has 0 saturated carbocycles. The average molecular weight is 484 g/mol. The summed E-state index contributed by atoms with van der Waals surface area (Å²) in [5, 5.41) is 20.3. The number of hydrogen-bond acceptors (Lipinski definition) is 8. The molecule has 0 N–H and O–H groups in total. The van der Waals surface area contributed by atoms with Gasteiger partial charge in [0.1, 0.15) is 0 Å². The maximum absolute atomic E-state index is 12.6. The molecule has 0 atom stereocenters. The first-order chi connectivity index (χ1) is 16.6. The minimum absolute atomic E-state index is 0.0227. The average Bonchev–Trinajstić information content (AvgIpc) is 3.29. The molecular weight excluding hydrogens is 458 g/mol. The number of nitro benzene ring substituents is 1. The number of rotatable bonds is 9. The second-order valence-corrected chi connectivity index (χ2v) is 8.59. The highest BCUT2D eigenvalue weighted by atomic mass is 32.2. The van der Waals surface area contributed by atoms with Crippen LogP contribution >= 0.6 is 11.8 Å². The van der Waals surface area contributed by atoms with Crippen molar-refractivity contribution in [2.75, 3.05) is 40.0 Å². The van der Waals surface area contributed by atoms with Gasteiger partial charge in [-0.1, -0.05) is 23.9 Å². The van der Waals surface area contributed by atoms with Crippen LogP contribution in [0.3, 0.4) is 0 Å². The SMILES string of the molecule is COCCn1c(SCc2ccc(C(=O)N3CCOCC3)cc2)nnc1-c1ccc([N+](=O)[O-])cc1. The standard InChI is InChI=1S/C23H25N5O5S/c1-32-13-12-27-21(18-6-8-20(9-7-18)28(30)31)24-25-23(27)34-16-17-2-4-19(5-3-17)22(29)26-10-14-33-15-11-26/h2-9H,10-16H2,1H3.